The summed E-state index contributed by atoms with van der Waals surface area (Å²) in [7, 11) is 0. The summed E-state index contributed by atoms with van der Waals surface area (Å²) in [6.45, 7) is 1.78. The van der Waals surface area contributed by atoms with Crippen LogP contribution >= 0.6 is 56.5 Å². The van der Waals surface area contributed by atoms with Crippen molar-refractivity contribution < 1.29 is 18.7 Å². The number of nitrogens with one attached hydrogen (secondary N) is 1. The highest BCUT2D eigenvalue weighted by molar-refractivity contribution is 14.2. The van der Waals surface area contributed by atoms with Crippen LogP contribution in [0.3, 0.4) is 0 Å². The second-order valence-electron chi connectivity index (χ2n) is 6.33. The Morgan fingerprint density at radius 3 is 2.53 bits per heavy atom. The van der Waals surface area contributed by atoms with Crippen LogP contribution in [-0.4, -0.2) is 24.2 Å². The summed E-state index contributed by atoms with van der Waals surface area (Å²) in [6, 6.07) is 10.5. The Kier molecular flexibility index (Phi) is 8.22. The lowest BCUT2D eigenvalue weighted by Crippen LogP contribution is -2.28. The molecule has 6 nitrogen and oxygen atoms in total. The molecule has 158 valence electrons. The number of amides is 1. The van der Waals surface area contributed by atoms with E-state index in [9.17, 15) is 9.18 Å². The second-order valence-corrected chi connectivity index (χ2v) is 12.7. The molecule has 3 rings (SSSR count). The van der Waals surface area contributed by atoms with Crippen molar-refractivity contribution in [2.24, 2.45) is 0 Å². The van der Waals surface area contributed by atoms with E-state index in [-0.39, 0.29) is 25.0 Å². The zero-order valence-electron chi connectivity index (χ0n) is 15.8. The molecule has 0 bridgehead atoms. The fourth-order valence-corrected chi connectivity index (χ4v) is 3.30. The van der Waals surface area contributed by atoms with E-state index in [0.29, 0.717) is 22.4 Å². The van der Waals surface area contributed by atoms with Crippen molar-refractivity contribution in [3.05, 3.63) is 65.4 Å². The molecule has 1 aromatic carbocycles. The number of carbonyl (C=O) groups is 1. The van der Waals surface area contributed by atoms with Gasteiger partial charge in [0.05, 0.1) is 24.4 Å². The minimum atomic E-state index is -1.47. The predicted octanol–water partition coefficient (Wildman–Crippen LogP) is 5.62. The van der Waals surface area contributed by atoms with Crippen molar-refractivity contribution in [2.45, 2.75) is 21.1 Å². The van der Waals surface area contributed by atoms with E-state index in [1.54, 1.807) is 63.5 Å². The second kappa shape index (κ2) is 10.7. The Labute approximate surface area is 204 Å². The normalized spacial score (nSPS) is 12.3. The van der Waals surface area contributed by atoms with Crippen LogP contribution < -0.4 is 14.8 Å². The molecule has 0 radical (unpaired) electrons. The van der Waals surface area contributed by atoms with Crippen LogP contribution in [0.15, 0.2) is 54.2 Å². The zero-order chi connectivity index (χ0) is 21.6. The minimum Gasteiger partial charge on any atom is -0.487 e. The van der Waals surface area contributed by atoms with Gasteiger partial charge in [-0.25, -0.2) is 9.37 Å². The van der Waals surface area contributed by atoms with Gasteiger partial charge >= 0.3 is 0 Å². The number of alkyl halides is 3. The fraction of sp³-hybridized carbons (Fsp3) is 0.250. The predicted molar refractivity (Wildman–Crippen MR) is 131 cm³/mol. The number of halogens is 3. The van der Waals surface area contributed by atoms with Crippen molar-refractivity contribution >= 4 is 62.4 Å². The number of thiazole rings is 1. The molecule has 1 atom stereocenters. The molecule has 1 N–H and O–H groups in total. The Morgan fingerprint density at radius 2 is 1.93 bits per heavy atom. The number of ether oxygens (including phenoxy) is 2. The molecule has 0 saturated heterocycles. The molecular weight excluding hydrogens is 635 g/mol. The van der Waals surface area contributed by atoms with Crippen LogP contribution in [-0.2, 0) is 11.2 Å². The molecule has 2 aromatic heterocycles. The maximum absolute atomic E-state index is 13.5. The third-order valence-corrected chi connectivity index (χ3v) is 5.16. The zero-order valence-corrected chi connectivity index (χ0v) is 21.0. The molecule has 0 aliphatic rings. The molecule has 0 unspecified atom stereocenters. The van der Waals surface area contributed by atoms with E-state index < -0.39 is 1.68 Å². The Bertz CT molecular complexity index is 949. The van der Waals surface area contributed by atoms with Gasteiger partial charge in [0.25, 0.3) is 5.19 Å². The molecule has 30 heavy (non-hydrogen) atoms. The summed E-state index contributed by atoms with van der Waals surface area (Å²) >= 11 is 4.75. The van der Waals surface area contributed by atoms with Crippen LogP contribution in [0.25, 0.3) is 0 Å². The summed E-state index contributed by atoms with van der Waals surface area (Å²) < 4.78 is 23.0. The van der Waals surface area contributed by atoms with E-state index in [1.807, 2.05) is 36.6 Å². The summed E-state index contributed by atoms with van der Waals surface area (Å²) in [4.78, 5) is 20.7. The summed E-state index contributed by atoms with van der Waals surface area (Å²) in [6.07, 6.45) is 3.45. The minimum absolute atomic E-state index is 0.0743. The molecule has 2 heterocycles. The first-order valence-corrected chi connectivity index (χ1v) is 11.9. The first-order chi connectivity index (χ1) is 14.3. The van der Waals surface area contributed by atoms with Crippen LogP contribution in [0.4, 0.5) is 4.39 Å². The maximum Gasteiger partial charge on any atom is 0.278 e. The number of pyridine rings is 1. The molecule has 1 amide bonds. The third kappa shape index (κ3) is 7.61. The standard InChI is InChI=1S/C20H18FI2N3O3S/c1-13(17-7-6-16(11-25-17)28-12-20(21,22)23)26-18(27)10-14-2-4-15(5-3-14)29-19-24-8-9-30-19/h2-9,11,13H,10,12H2,1H3,(H,26,27)/t13-/m1/s1. The molecule has 0 aliphatic carbocycles. The summed E-state index contributed by atoms with van der Waals surface area (Å²) in [5, 5.41) is 5.34. The Balaban J connectivity index is 1.49. The van der Waals surface area contributed by atoms with Gasteiger partial charge in [0.1, 0.15) is 18.1 Å². The number of hydrogen-bond acceptors (Lipinski definition) is 6. The van der Waals surface area contributed by atoms with E-state index in [4.69, 9.17) is 9.47 Å². The smallest absolute Gasteiger partial charge is 0.278 e. The Morgan fingerprint density at radius 1 is 1.20 bits per heavy atom. The quantitative estimate of drug-likeness (QED) is 0.240. The van der Waals surface area contributed by atoms with Gasteiger partial charge in [0.15, 0.2) is 0 Å². The van der Waals surface area contributed by atoms with E-state index in [0.717, 1.165) is 5.56 Å². The highest BCUT2D eigenvalue weighted by Crippen LogP contribution is 2.30. The Hall–Kier alpha value is -1.54. The highest BCUT2D eigenvalue weighted by atomic mass is 127. The third-order valence-electron chi connectivity index (χ3n) is 3.89. The molecule has 3 aromatic rings. The number of rotatable bonds is 9. The van der Waals surface area contributed by atoms with Gasteiger partial charge in [-0.15, -0.1) is 0 Å². The van der Waals surface area contributed by atoms with Gasteiger partial charge in [0.2, 0.25) is 7.59 Å². The van der Waals surface area contributed by atoms with E-state index >= 15 is 0 Å². The van der Waals surface area contributed by atoms with E-state index in [2.05, 4.69) is 15.3 Å². The van der Waals surface area contributed by atoms with Gasteiger partial charge in [-0.05, 0) is 81.9 Å². The van der Waals surface area contributed by atoms with Crippen LogP contribution in [0, 0.1) is 0 Å². The topological polar surface area (TPSA) is 73.3 Å². The van der Waals surface area contributed by atoms with Crippen LogP contribution in [0.1, 0.15) is 24.2 Å². The molecule has 0 aliphatic heterocycles. The lowest BCUT2D eigenvalue weighted by Gasteiger charge is -2.15. The SMILES string of the molecule is C[C@@H](NC(=O)Cc1ccc(Oc2nccs2)cc1)c1ccc(OCC(F)(I)I)cn1. The van der Waals surface area contributed by atoms with Crippen LogP contribution in [0.5, 0.6) is 16.7 Å². The summed E-state index contributed by atoms with van der Waals surface area (Å²) in [5.41, 5.74) is 1.56. The van der Waals surface area contributed by atoms with Crippen LogP contribution in [0.2, 0.25) is 0 Å². The first-order valence-electron chi connectivity index (χ1n) is 8.89. The van der Waals surface area contributed by atoms with E-state index in [1.165, 1.54) is 17.5 Å². The van der Waals surface area contributed by atoms with Gasteiger partial charge in [-0.2, -0.15) is 0 Å². The molecule has 10 heteroatoms. The van der Waals surface area contributed by atoms with Gasteiger partial charge < -0.3 is 14.8 Å². The first kappa shape index (κ1) is 23.1. The maximum atomic E-state index is 13.5. The molecule has 0 fully saturated rings. The average molecular weight is 653 g/mol. The van der Waals surface area contributed by atoms with Crippen molar-refractivity contribution in [2.75, 3.05) is 6.61 Å². The fourth-order valence-electron chi connectivity index (χ4n) is 2.49. The number of aromatic nitrogens is 2. The molecular formula is C20H18FI2N3O3S. The number of carbonyl (C=O) groups excluding carboxylic acids is 1. The highest BCUT2D eigenvalue weighted by Gasteiger charge is 2.21. The van der Waals surface area contributed by atoms with Crippen molar-refractivity contribution in [1.82, 2.24) is 15.3 Å². The number of hydrogen-bond donors (Lipinski definition) is 1. The van der Waals surface area contributed by atoms with Crippen molar-refractivity contribution in [3.8, 4) is 16.7 Å². The number of benzene rings is 1. The van der Waals surface area contributed by atoms with Gasteiger partial charge in [-0.1, -0.05) is 23.5 Å². The lowest BCUT2D eigenvalue weighted by molar-refractivity contribution is -0.121. The van der Waals surface area contributed by atoms with Gasteiger partial charge in [-0.3, -0.25) is 9.78 Å². The largest absolute Gasteiger partial charge is 0.487 e. The van der Waals surface area contributed by atoms with Gasteiger partial charge in [0, 0.05) is 11.6 Å². The van der Waals surface area contributed by atoms with Crippen molar-refractivity contribution in [3.63, 3.8) is 0 Å². The summed E-state index contributed by atoms with van der Waals surface area (Å²) in [5.74, 6) is 1.03. The molecule has 0 saturated carbocycles. The molecule has 0 spiro atoms. The average Bonchev–Trinajstić information content (AvgIpc) is 3.21. The monoisotopic (exact) mass is 653 g/mol. The van der Waals surface area contributed by atoms with Crippen molar-refractivity contribution in [1.29, 1.82) is 0 Å². The number of nitrogens with zero attached hydrogens (tertiary/aromatic N) is 2. The lowest BCUT2D eigenvalue weighted by atomic mass is 10.1.